The summed E-state index contributed by atoms with van der Waals surface area (Å²) in [6.07, 6.45) is 0. The monoisotopic (exact) mass is 522 g/mol. The summed E-state index contributed by atoms with van der Waals surface area (Å²) in [7, 11) is 1.82. The fourth-order valence-electron chi connectivity index (χ4n) is 3.48. The molecular formula is C24H35IN4O. The van der Waals surface area contributed by atoms with E-state index in [1.54, 1.807) is 0 Å². The summed E-state index contributed by atoms with van der Waals surface area (Å²) < 4.78 is 5.42. The molecule has 1 heterocycles. The van der Waals surface area contributed by atoms with Gasteiger partial charge in [-0.15, -0.1) is 24.0 Å². The average molecular weight is 522 g/mol. The number of nitrogens with one attached hydrogen (secondary N) is 2. The van der Waals surface area contributed by atoms with Crippen LogP contribution in [0.5, 0.6) is 0 Å². The summed E-state index contributed by atoms with van der Waals surface area (Å²) in [6, 6.07) is 19.4. The predicted molar refractivity (Wildman–Crippen MR) is 136 cm³/mol. The first-order valence-corrected chi connectivity index (χ1v) is 10.4. The Balaban J connectivity index is 0.00000320. The molecule has 0 atom stereocenters. The molecule has 1 saturated heterocycles. The minimum Gasteiger partial charge on any atom is -0.379 e. The van der Waals surface area contributed by atoms with Crippen LogP contribution in [0.4, 0.5) is 0 Å². The molecule has 0 saturated carbocycles. The van der Waals surface area contributed by atoms with Gasteiger partial charge in [0.15, 0.2) is 5.96 Å². The molecule has 1 aliphatic heterocycles. The van der Waals surface area contributed by atoms with Crippen LogP contribution in [0.1, 0.15) is 30.5 Å². The first kappa shape index (κ1) is 24.6. The predicted octanol–water partition coefficient (Wildman–Crippen LogP) is 3.78. The molecule has 164 valence electrons. The van der Waals surface area contributed by atoms with Gasteiger partial charge in [0.05, 0.1) is 13.2 Å². The molecule has 6 heteroatoms. The third-order valence-corrected chi connectivity index (χ3v) is 5.47. The maximum atomic E-state index is 5.42. The summed E-state index contributed by atoms with van der Waals surface area (Å²) in [4.78, 5) is 6.81. The van der Waals surface area contributed by atoms with Crippen molar-refractivity contribution in [1.82, 2.24) is 15.5 Å². The molecule has 2 aromatic carbocycles. The summed E-state index contributed by atoms with van der Waals surface area (Å²) >= 11 is 0. The van der Waals surface area contributed by atoms with E-state index in [9.17, 15) is 0 Å². The minimum atomic E-state index is 0. The van der Waals surface area contributed by atoms with Crippen molar-refractivity contribution in [2.45, 2.75) is 32.4 Å². The topological polar surface area (TPSA) is 48.9 Å². The molecule has 0 radical (unpaired) electrons. The summed E-state index contributed by atoms with van der Waals surface area (Å²) in [5.41, 5.74) is 3.95. The highest BCUT2D eigenvalue weighted by atomic mass is 127. The van der Waals surface area contributed by atoms with Crippen LogP contribution in [0.2, 0.25) is 0 Å². The zero-order chi connectivity index (χ0) is 20.5. The Kier molecular flexibility index (Phi) is 10.1. The van der Waals surface area contributed by atoms with E-state index in [1.807, 2.05) is 7.05 Å². The van der Waals surface area contributed by atoms with Crippen molar-refractivity contribution >= 4 is 29.9 Å². The van der Waals surface area contributed by atoms with Crippen molar-refractivity contribution in [1.29, 1.82) is 0 Å². The zero-order valence-electron chi connectivity index (χ0n) is 18.4. The SMILES string of the molecule is CN=C(NCc1ccc(CN2CCOCC2)cc1)NCC(C)(C)c1ccccc1.I. The molecule has 2 aromatic rings. The number of morpholine rings is 1. The Morgan fingerprint density at radius 1 is 0.967 bits per heavy atom. The van der Waals surface area contributed by atoms with Crippen LogP contribution < -0.4 is 10.6 Å². The fraction of sp³-hybridized carbons (Fsp3) is 0.458. The largest absolute Gasteiger partial charge is 0.379 e. The maximum Gasteiger partial charge on any atom is 0.191 e. The van der Waals surface area contributed by atoms with Gasteiger partial charge in [-0.05, 0) is 16.7 Å². The van der Waals surface area contributed by atoms with E-state index < -0.39 is 0 Å². The molecule has 0 unspecified atom stereocenters. The van der Waals surface area contributed by atoms with Gasteiger partial charge in [-0.3, -0.25) is 9.89 Å². The Morgan fingerprint density at radius 2 is 1.60 bits per heavy atom. The van der Waals surface area contributed by atoms with E-state index in [0.717, 1.165) is 51.9 Å². The summed E-state index contributed by atoms with van der Waals surface area (Å²) in [5.74, 6) is 0.825. The van der Waals surface area contributed by atoms with Crippen LogP contribution in [0.3, 0.4) is 0 Å². The molecule has 2 N–H and O–H groups in total. The van der Waals surface area contributed by atoms with Gasteiger partial charge in [0.2, 0.25) is 0 Å². The first-order chi connectivity index (χ1) is 14.1. The van der Waals surface area contributed by atoms with E-state index in [-0.39, 0.29) is 29.4 Å². The quantitative estimate of drug-likeness (QED) is 0.330. The Labute approximate surface area is 198 Å². The highest BCUT2D eigenvalue weighted by Gasteiger charge is 2.20. The van der Waals surface area contributed by atoms with Crippen LogP contribution in [-0.4, -0.2) is 50.8 Å². The van der Waals surface area contributed by atoms with Crippen LogP contribution in [0, 0.1) is 0 Å². The third kappa shape index (κ3) is 7.56. The van der Waals surface area contributed by atoms with Gasteiger partial charge >= 0.3 is 0 Å². The van der Waals surface area contributed by atoms with Crippen LogP contribution >= 0.6 is 24.0 Å². The Morgan fingerprint density at radius 3 is 2.23 bits per heavy atom. The fourth-order valence-corrected chi connectivity index (χ4v) is 3.48. The van der Waals surface area contributed by atoms with Gasteiger partial charge in [-0.1, -0.05) is 68.4 Å². The van der Waals surface area contributed by atoms with Crippen molar-refractivity contribution in [3.63, 3.8) is 0 Å². The average Bonchev–Trinajstić information content (AvgIpc) is 2.76. The smallest absolute Gasteiger partial charge is 0.191 e. The van der Waals surface area contributed by atoms with Crippen molar-refractivity contribution in [2.24, 2.45) is 4.99 Å². The molecule has 1 fully saturated rings. The maximum absolute atomic E-state index is 5.42. The number of halogens is 1. The van der Waals surface area contributed by atoms with E-state index in [1.165, 1.54) is 16.7 Å². The number of aliphatic imine (C=N–C) groups is 1. The lowest BCUT2D eigenvalue weighted by Gasteiger charge is -2.27. The van der Waals surface area contributed by atoms with Gasteiger partial charge < -0.3 is 15.4 Å². The first-order valence-electron chi connectivity index (χ1n) is 10.4. The second-order valence-corrected chi connectivity index (χ2v) is 8.23. The van der Waals surface area contributed by atoms with Crippen molar-refractivity contribution in [3.8, 4) is 0 Å². The van der Waals surface area contributed by atoms with Crippen molar-refractivity contribution in [3.05, 3.63) is 71.3 Å². The summed E-state index contributed by atoms with van der Waals surface area (Å²) in [5, 5.41) is 6.89. The lowest BCUT2D eigenvalue weighted by Crippen LogP contribution is -2.43. The van der Waals surface area contributed by atoms with Crippen LogP contribution in [0.15, 0.2) is 59.6 Å². The third-order valence-electron chi connectivity index (χ3n) is 5.47. The molecule has 0 amide bonds. The molecule has 0 bridgehead atoms. The van der Waals surface area contributed by atoms with Gasteiger partial charge in [0.25, 0.3) is 0 Å². The van der Waals surface area contributed by atoms with Gasteiger partial charge in [0.1, 0.15) is 0 Å². The number of rotatable bonds is 7. The van der Waals surface area contributed by atoms with Crippen LogP contribution in [-0.2, 0) is 23.2 Å². The number of hydrogen-bond donors (Lipinski definition) is 2. The number of hydrogen-bond acceptors (Lipinski definition) is 3. The highest BCUT2D eigenvalue weighted by Crippen LogP contribution is 2.21. The standard InChI is InChI=1S/C24H34N4O.HI/c1-24(2,22-7-5-4-6-8-22)19-27-23(25-3)26-17-20-9-11-21(12-10-20)18-28-13-15-29-16-14-28;/h4-12H,13-19H2,1-3H3,(H2,25,26,27);1H. The molecule has 5 nitrogen and oxygen atoms in total. The highest BCUT2D eigenvalue weighted by molar-refractivity contribution is 14.0. The number of guanidine groups is 1. The van der Waals surface area contributed by atoms with E-state index >= 15 is 0 Å². The van der Waals surface area contributed by atoms with Crippen molar-refractivity contribution < 1.29 is 4.74 Å². The molecule has 1 aliphatic rings. The molecule has 30 heavy (non-hydrogen) atoms. The zero-order valence-corrected chi connectivity index (χ0v) is 20.7. The van der Waals surface area contributed by atoms with Gasteiger partial charge in [-0.25, -0.2) is 0 Å². The molecule has 0 aromatic heterocycles. The second-order valence-electron chi connectivity index (χ2n) is 8.23. The minimum absolute atomic E-state index is 0. The normalized spacial score (nSPS) is 15.4. The number of nitrogens with zero attached hydrogens (tertiary/aromatic N) is 2. The molecule has 0 spiro atoms. The van der Waals surface area contributed by atoms with E-state index in [0.29, 0.717) is 0 Å². The van der Waals surface area contributed by atoms with Gasteiger partial charge in [-0.2, -0.15) is 0 Å². The molecular weight excluding hydrogens is 487 g/mol. The Bertz CT molecular complexity index is 772. The lowest BCUT2D eigenvalue weighted by molar-refractivity contribution is 0.0342. The summed E-state index contributed by atoms with van der Waals surface area (Å²) in [6.45, 7) is 10.8. The number of benzene rings is 2. The van der Waals surface area contributed by atoms with E-state index in [4.69, 9.17) is 4.74 Å². The lowest BCUT2D eigenvalue weighted by atomic mass is 9.85. The van der Waals surface area contributed by atoms with E-state index in [2.05, 4.69) is 89.0 Å². The molecule has 0 aliphatic carbocycles. The van der Waals surface area contributed by atoms with Crippen LogP contribution in [0.25, 0.3) is 0 Å². The molecule has 3 rings (SSSR count). The van der Waals surface area contributed by atoms with Crippen molar-refractivity contribution in [2.75, 3.05) is 39.9 Å². The Hall–Kier alpha value is -1.64. The van der Waals surface area contributed by atoms with Gasteiger partial charge in [0, 0.05) is 45.2 Å². The number of ether oxygens (including phenoxy) is 1. The second kappa shape index (κ2) is 12.3.